The molecule has 0 radical (unpaired) electrons. The highest BCUT2D eigenvalue weighted by molar-refractivity contribution is 5.87. The van der Waals surface area contributed by atoms with Gasteiger partial charge in [0.1, 0.15) is 5.78 Å². The summed E-state index contributed by atoms with van der Waals surface area (Å²) < 4.78 is 0. The van der Waals surface area contributed by atoms with Crippen molar-refractivity contribution < 1.29 is 15.0 Å². The Bertz CT molecular complexity index is 549. The van der Waals surface area contributed by atoms with Gasteiger partial charge in [0.2, 0.25) is 0 Å². The topological polar surface area (TPSA) is 57.5 Å². The maximum atomic E-state index is 12.4. The number of hydrogen-bond acceptors (Lipinski definition) is 3. The summed E-state index contributed by atoms with van der Waals surface area (Å²) in [5.74, 6) is 0.758. The maximum Gasteiger partial charge on any atom is 0.166 e. The molecule has 22 heavy (non-hydrogen) atoms. The quantitative estimate of drug-likeness (QED) is 0.534. The Labute approximate surface area is 132 Å². The second-order valence-corrected chi connectivity index (χ2v) is 8.84. The summed E-state index contributed by atoms with van der Waals surface area (Å²) in [6, 6.07) is 0. The third kappa shape index (κ3) is 1.85. The molecule has 4 rings (SSSR count). The van der Waals surface area contributed by atoms with Crippen molar-refractivity contribution >= 4 is 5.78 Å². The molecule has 0 aromatic rings. The Morgan fingerprint density at radius 1 is 1.05 bits per heavy atom. The van der Waals surface area contributed by atoms with Gasteiger partial charge in [-0.3, -0.25) is 4.79 Å². The molecule has 0 heterocycles. The van der Waals surface area contributed by atoms with E-state index < -0.39 is 5.79 Å². The van der Waals surface area contributed by atoms with Crippen LogP contribution in [0.2, 0.25) is 0 Å². The smallest absolute Gasteiger partial charge is 0.166 e. The molecular weight excluding hydrogens is 276 g/mol. The highest BCUT2D eigenvalue weighted by atomic mass is 16.5. The van der Waals surface area contributed by atoms with Gasteiger partial charge in [-0.05, 0) is 55.3 Å². The minimum atomic E-state index is -1.51. The van der Waals surface area contributed by atoms with Gasteiger partial charge in [-0.25, -0.2) is 0 Å². The number of carbonyl (C=O) groups is 1. The van der Waals surface area contributed by atoms with Crippen LogP contribution in [-0.4, -0.2) is 21.8 Å². The Kier molecular flexibility index (Phi) is 3.01. The fraction of sp³-hybridized carbons (Fsp3) is 0.842. The van der Waals surface area contributed by atoms with Crippen LogP contribution in [-0.2, 0) is 4.79 Å². The summed E-state index contributed by atoms with van der Waals surface area (Å²) in [6.45, 7) is 4.54. The highest BCUT2D eigenvalue weighted by Gasteiger charge is 2.59. The van der Waals surface area contributed by atoms with Crippen molar-refractivity contribution in [3.05, 3.63) is 11.6 Å². The summed E-state index contributed by atoms with van der Waals surface area (Å²) in [7, 11) is 0. The predicted octanol–water partition coefficient (Wildman–Crippen LogP) is 3.20. The molecule has 3 fully saturated rings. The monoisotopic (exact) mass is 304 g/mol. The number of carbonyl (C=O) groups excluding carboxylic acids is 1. The Hall–Kier alpha value is -0.670. The Morgan fingerprint density at radius 3 is 2.55 bits per heavy atom. The van der Waals surface area contributed by atoms with Crippen molar-refractivity contribution in [1.82, 2.24) is 0 Å². The minimum Gasteiger partial charge on any atom is -0.365 e. The second kappa shape index (κ2) is 4.45. The maximum absolute atomic E-state index is 12.4. The molecule has 4 aliphatic rings. The number of hydrogen-bond donors (Lipinski definition) is 2. The first-order valence-corrected chi connectivity index (χ1v) is 8.94. The average Bonchev–Trinajstić information content (AvgIpc) is 2.76. The van der Waals surface area contributed by atoms with Gasteiger partial charge in [0.25, 0.3) is 0 Å². The number of rotatable bonds is 0. The molecule has 3 nitrogen and oxygen atoms in total. The lowest BCUT2D eigenvalue weighted by Gasteiger charge is -2.57. The van der Waals surface area contributed by atoms with Gasteiger partial charge in [-0.15, -0.1) is 0 Å². The fourth-order valence-corrected chi connectivity index (χ4v) is 6.40. The number of Topliss-reactive ketones (excluding diaryl/α,β-unsaturated/α-hetero) is 1. The third-order valence-corrected chi connectivity index (χ3v) is 7.85. The van der Waals surface area contributed by atoms with E-state index in [1.807, 2.05) is 0 Å². The molecule has 0 aromatic carbocycles. The van der Waals surface area contributed by atoms with E-state index in [-0.39, 0.29) is 10.8 Å². The highest BCUT2D eigenvalue weighted by Crippen LogP contribution is 2.64. The molecule has 3 saturated carbocycles. The van der Waals surface area contributed by atoms with Gasteiger partial charge in [0.15, 0.2) is 5.79 Å². The van der Waals surface area contributed by atoms with Crippen LogP contribution >= 0.6 is 0 Å². The molecule has 0 bridgehead atoms. The average molecular weight is 304 g/mol. The summed E-state index contributed by atoms with van der Waals surface area (Å²) in [5, 5.41) is 20.0. The lowest BCUT2D eigenvalue weighted by atomic mass is 9.48. The van der Waals surface area contributed by atoms with Crippen LogP contribution in [0.15, 0.2) is 11.6 Å². The van der Waals surface area contributed by atoms with Gasteiger partial charge < -0.3 is 10.2 Å². The van der Waals surface area contributed by atoms with Gasteiger partial charge in [-0.1, -0.05) is 25.5 Å². The number of aliphatic hydroxyl groups is 2. The molecule has 0 aliphatic heterocycles. The van der Waals surface area contributed by atoms with Crippen molar-refractivity contribution in [2.45, 2.75) is 71.0 Å². The standard InChI is InChI=1S/C19H28O3/c1-17-9-10-19(21,22)11-12(17)3-4-13-14-5-6-16(20)18(14,2)8-7-15(13)17/h3,13-15,21-22H,4-11H2,1-2H3/t13-,14-,15-,17-,18-/m0/s1. The lowest BCUT2D eigenvalue weighted by molar-refractivity contribution is -0.188. The van der Waals surface area contributed by atoms with Gasteiger partial charge >= 0.3 is 0 Å². The van der Waals surface area contributed by atoms with Gasteiger partial charge in [0, 0.05) is 24.7 Å². The third-order valence-electron chi connectivity index (χ3n) is 7.85. The first-order chi connectivity index (χ1) is 10.3. The van der Waals surface area contributed by atoms with E-state index in [4.69, 9.17) is 0 Å². The van der Waals surface area contributed by atoms with Crippen molar-refractivity contribution in [3.8, 4) is 0 Å². The van der Waals surface area contributed by atoms with E-state index in [0.717, 1.165) is 38.5 Å². The molecule has 0 saturated heterocycles. The van der Waals surface area contributed by atoms with Crippen molar-refractivity contribution in [2.75, 3.05) is 0 Å². The van der Waals surface area contributed by atoms with E-state index in [9.17, 15) is 15.0 Å². The first kappa shape index (κ1) is 14.9. The van der Waals surface area contributed by atoms with E-state index in [0.29, 0.717) is 36.4 Å². The Balaban J connectivity index is 1.69. The second-order valence-electron chi connectivity index (χ2n) is 8.84. The van der Waals surface area contributed by atoms with Crippen molar-refractivity contribution in [1.29, 1.82) is 0 Å². The molecule has 122 valence electrons. The van der Waals surface area contributed by atoms with Gasteiger partial charge in [-0.2, -0.15) is 0 Å². The summed E-state index contributed by atoms with van der Waals surface area (Å²) in [5.41, 5.74) is 1.30. The SMILES string of the molecule is C[C@]12CCC(O)(O)CC1=CC[C@@H]1[C@@H]2CC[C@]2(C)C(=O)CC[C@@H]12. The van der Waals surface area contributed by atoms with E-state index >= 15 is 0 Å². The zero-order valence-corrected chi connectivity index (χ0v) is 13.8. The molecule has 5 atom stereocenters. The van der Waals surface area contributed by atoms with Crippen LogP contribution in [0.3, 0.4) is 0 Å². The summed E-state index contributed by atoms with van der Waals surface area (Å²) in [4.78, 5) is 12.4. The lowest BCUT2D eigenvalue weighted by Crippen LogP contribution is -2.52. The zero-order valence-electron chi connectivity index (χ0n) is 13.8. The van der Waals surface area contributed by atoms with E-state index in [2.05, 4.69) is 19.9 Å². The van der Waals surface area contributed by atoms with Crippen molar-refractivity contribution in [3.63, 3.8) is 0 Å². The normalized spacial score (nSPS) is 49.9. The largest absolute Gasteiger partial charge is 0.365 e. The van der Waals surface area contributed by atoms with Crippen LogP contribution in [0.5, 0.6) is 0 Å². The molecule has 3 heteroatoms. The van der Waals surface area contributed by atoms with Crippen LogP contribution in [0, 0.1) is 28.6 Å². The molecule has 0 amide bonds. The summed E-state index contributed by atoms with van der Waals surface area (Å²) >= 11 is 0. The number of allylic oxidation sites excluding steroid dienone is 1. The number of fused-ring (bicyclic) bond motifs is 5. The minimum absolute atomic E-state index is 0.0742. The van der Waals surface area contributed by atoms with Crippen LogP contribution in [0.1, 0.15) is 65.2 Å². The molecule has 0 spiro atoms. The predicted molar refractivity (Wildman–Crippen MR) is 83.9 cm³/mol. The summed E-state index contributed by atoms with van der Waals surface area (Å²) in [6.07, 6.45) is 9.07. The molecule has 4 aliphatic carbocycles. The van der Waals surface area contributed by atoms with Crippen molar-refractivity contribution in [2.24, 2.45) is 28.6 Å². The molecular formula is C19H28O3. The Morgan fingerprint density at radius 2 is 1.77 bits per heavy atom. The van der Waals surface area contributed by atoms with Crippen LogP contribution in [0.4, 0.5) is 0 Å². The van der Waals surface area contributed by atoms with E-state index in [1.54, 1.807) is 0 Å². The van der Waals surface area contributed by atoms with Crippen LogP contribution < -0.4 is 0 Å². The molecule has 0 unspecified atom stereocenters. The zero-order chi connectivity index (χ0) is 15.8. The molecule has 0 aromatic heterocycles. The van der Waals surface area contributed by atoms with Gasteiger partial charge in [0.05, 0.1) is 0 Å². The fourth-order valence-electron chi connectivity index (χ4n) is 6.40. The molecule has 2 N–H and O–H groups in total. The van der Waals surface area contributed by atoms with E-state index in [1.165, 1.54) is 5.57 Å². The first-order valence-electron chi connectivity index (χ1n) is 8.94. The van der Waals surface area contributed by atoms with Crippen LogP contribution in [0.25, 0.3) is 0 Å². The number of ketones is 1.